The van der Waals surface area contributed by atoms with E-state index >= 15 is 0 Å². The van der Waals surface area contributed by atoms with E-state index in [1.165, 1.54) is 12.1 Å². The monoisotopic (exact) mass is 524 g/mol. The van der Waals surface area contributed by atoms with Crippen LogP contribution in [0, 0.1) is 0 Å². The first-order valence-electron chi connectivity index (χ1n) is 11.3. The number of rotatable bonds is 6. The molecule has 0 bridgehead atoms. The van der Waals surface area contributed by atoms with Crippen molar-refractivity contribution in [2.24, 2.45) is 4.99 Å². The Hall–Kier alpha value is -3.95. The molecule has 188 valence electrons. The van der Waals surface area contributed by atoms with Crippen LogP contribution in [0.4, 0.5) is 13.2 Å². The first-order chi connectivity index (χ1) is 17.8. The Morgan fingerprint density at radius 1 is 1.08 bits per heavy atom. The fourth-order valence-corrected chi connectivity index (χ4v) is 4.23. The molecule has 3 aromatic carbocycles. The van der Waals surface area contributed by atoms with Gasteiger partial charge in [-0.05, 0) is 47.9 Å². The second kappa shape index (κ2) is 10.2. The molecule has 5 rings (SSSR count). The normalized spacial score (nSPS) is 15.7. The molecule has 0 fully saturated rings. The summed E-state index contributed by atoms with van der Waals surface area (Å²) in [5, 5.41) is 9.56. The second-order valence-corrected chi connectivity index (χ2v) is 8.74. The maximum absolute atomic E-state index is 13.2. The van der Waals surface area contributed by atoms with Crippen LogP contribution in [-0.4, -0.2) is 28.7 Å². The van der Waals surface area contributed by atoms with Crippen LogP contribution in [0.3, 0.4) is 0 Å². The smallest absolute Gasteiger partial charge is 0.416 e. The molecular formula is C27H20ClF3N4O2. The van der Waals surface area contributed by atoms with Crippen LogP contribution in [0.25, 0.3) is 17.0 Å². The van der Waals surface area contributed by atoms with E-state index in [2.05, 4.69) is 22.3 Å². The highest BCUT2D eigenvalue weighted by atomic mass is 35.5. The number of hydrogen-bond donors (Lipinski definition) is 1. The highest BCUT2D eigenvalue weighted by molar-refractivity contribution is 6.31. The van der Waals surface area contributed by atoms with Crippen LogP contribution < -0.4 is 10.2 Å². The van der Waals surface area contributed by atoms with Gasteiger partial charge in [0, 0.05) is 10.4 Å². The van der Waals surface area contributed by atoms with E-state index in [0.717, 1.165) is 23.3 Å². The SMILES string of the molecule is C=Cc1ccc(C[C@@H]2CONC(c3c(Oc4cccc(C(F)(F)F)c4)nnc4ccccc34)=N2)c(Cl)c1. The molecule has 1 aliphatic heterocycles. The van der Waals surface area contributed by atoms with Crippen molar-refractivity contribution in [1.82, 2.24) is 15.7 Å². The summed E-state index contributed by atoms with van der Waals surface area (Å²) < 4.78 is 45.5. The largest absolute Gasteiger partial charge is 0.437 e. The molecule has 0 spiro atoms. The Morgan fingerprint density at radius 3 is 2.70 bits per heavy atom. The zero-order chi connectivity index (χ0) is 26.0. The summed E-state index contributed by atoms with van der Waals surface area (Å²) in [6.45, 7) is 4.03. The molecule has 1 atom stereocenters. The van der Waals surface area contributed by atoms with Gasteiger partial charge in [-0.3, -0.25) is 9.83 Å². The minimum atomic E-state index is -4.52. The quantitative estimate of drug-likeness (QED) is 0.306. The highest BCUT2D eigenvalue weighted by Gasteiger charge is 2.31. The molecule has 0 saturated carbocycles. The van der Waals surface area contributed by atoms with Gasteiger partial charge in [-0.25, -0.2) is 5.48 Å². The summed E-state index contributed by atoms with van der Waals surface area (Å²) in [4.78, 5) is 10.4. The Kier molecular flexibility index (Phi) is 6.82. The van der Waals surface area contributed by atoms with Gasteiger partial charge in [0.2, 0.25) is 0 Å². The maximum Gasteiger partial charge on any atom is 0.416 e. The highest BCUT2D eigenvalue weighted by Crippen LogP contribution is 2.34. The van der Waals surface area contributed by atoms with Crippen molar-refractivity contribution in [3.8, 4) is 11.6 Å². The van der Waals surface area contributed by atoms with E-state index in [0.29, 0.717) is 33.7 Å². The molecule has 6 nitrogen and oxygen atoms in total. The molecule has 0 unspecified atom stereocenters. The van der Waals surface area contributed by atoms with Crippen LogP contribution in [0.15, 0.2) is 78.3 Å². The maximum atomic E-state index is 13.2. The van der Waals surface area contributed by atoms with Crippen molar-refractivity contribution in [3.63, 3.8) is 0 Å². The number of hydroxylamine groups is 1. The van der Waals surface area contributed by atoms with E-state index < -0.39 is 11.7 Å². The first-order valence-corrected chi connectivity index (χ1v) is 11.7. The molecule has 1 aromatic heterocycles. The number of halogens is 4. The lowest BCUT2D eigenvalue weighted by molar-refractivity contribution is -0.137. The number of nitrogens with one attached hydrogen (secondary N) is 1. The zero-order valence-electron chi connectivity index (χ0n) is 19.3. The average Bonchev–Trinajstić information content (AvgIpc) is 2.89. The number of nitrogens with zero attached hydrogens (tertiary/aromatic N) is 3. The molecule has 1 aliphatic rings. The van der Waals surface area contributed by atoms with Crippen LogP contribution in [0.1, 0.15) is 22.3 Å². The van der Waals surface area contributed by atoms with Gasteiger partial charge in [0.15, 0.2) is 5.84 Å². The lowest BCUT2D eigenvalue weighted by atomic mass is 10.0. The van der Waals surface area contributed by atoms with Crippen molar-refractivity contribution < 1.29 is 22.7 Å². The molecule has 10 heteroatoms. The third-order valence-corrected chi connectivity index (χ3v) is 6.12. The summed E-state index contributed by atoms with van der Waals surface area (Å²) in [6.07, 6.45) is -2.30. The van der Waals surface area contributed by atoms with Crippen LogP contribution in [0.2, 0.25) is 5.02 Å². The number of amidine groups is 1. The molecule has 0 saturated heterocycles. The van der Waals surface area contributed by atoms with Crippen molar-refractivity contribution in [3.05, 3.63) is 101 Å². The molecule has 0 aliphatic carbocycles. The summed E-state index contributed by atoms with van der Waals surface area (Å²) >= 11 is 6.45. The predicted octanol–water partition coefficient (Wildman–Crippen LogP) is 6.63. The van der Waals surface area contributed by atoms with E-state index in [-0.39, 0.29) is 24.3 Å². The Morgan fingerprint density at radius 2 is 1.92 bits per heavy atom. The number of benzene rings is 3. The van der Waals surface area contributed by atoms with Crippen molar-refractivity contribution in [2.45, 2.75) is 18.6 Å². The topological polar surface area (TPSA) is 68.6 Å². The Balaban J connectivity index is 1.53. The summed E-state index contributed by atoms with van der Waals surface area (Å²) in [7, 11) is 0. The van der Waals surface area contributed by atoms with E-state index in [4.69, 9.17) is 26.2 Å². The van der Waals surface area contributed by atoms with Crippen molar-refractivity contribution in [2.75, 3.05) is 6.61 Å². The first kappa shape index (κ1) is 24.7. The minimum Gasteiger partial charge on any atom is -0.437 e. The molecule has 37 heavy (non-hydrogen) atoms. The standard InChI is InChI=1S/C27H20ClF3N4O2/c1-2-16-10-11-17(22(28)12-16)13-19-15-36-35-25(32-19)24-21-8-3-4-9-23(21)33-34-26(24)37-20-7-5-6-18(14-20)27(29,30)31/h2-12,14,19H,1,13,15H2,(H,32,35)/t19-/m1/s1. The molecule has 2 heterocycles. The molecule has 0 radical (unpaired) electrons. The van der Waals surface area contributed by atoms with Gasteiger partial charge in [-0.2, -0.15) is 13.2 Å². The summed E-state index contributed by atoms with van der Waals surface area (Å²) in [5.41, 5.74) is 4.75. The number of hydrogen-bond acceptors (Lipinski definition) is 6. The number of alkyl halides is 3. The van der Waals surface area contributed by atoms with Gasteiger partial charge in [0.05, 0.1) is 29.3 Å². The van der Waals surface area contributed by atoms with E-state index in [1.54, 1.807) is 24.3 Å². The zero-order valence-corrected chi connectivity index (χ0v) is 20.1. The van der Waals surface area contributed by atoms with Gasteiger partial charge < -0.3 is 4.74 Å². The number of ether oxygens (including phenoxy) is 1. The lowest BCUT2D eigenvalue weighted by Crippen LogP contribution is -2.37. The van der Waals surface area contributed by atoms with Crippen LogP contribution >= 0.6 is 11.6 Å². The average molecular weight is 525 g/mol. The Bertz CT molecular complexity index is 1510. The lowest BCUT2D eigenvalue weighted by Gasteiger charge is -2.24. The van der Waals surface area contributed by atoms with Gasteiger partial charge >= 0.3 is 6.18 Å². The molecule has 1 N–H and O–H groups in total. The fourth-order valence-electron chi connectivity index (χ4n) is 3.97. The molecule has 0 amide bonds. The number of aromatic nitrogens is 2. The fraction of sp³-hybridized carbons (Fsp3) is 0.148. The Labute approximate surface area is 215 Å². The molecule has 4 aromatic rings. The van der Waals surface area contributed by atoms with Gasteiger partial charge in [-0.15, -0.1) is 10.2 Å². The van der Waals surface area contributed by atoms with Crippen molar-refractivity contribution in [1.29, 1.82) is 0 Å². The predicted molar refractivity (Wildman–Crippen MR) is 136 cm³/mol. The van der Waals surface area contributed by atoms with Crippen LogP contribution in [-0.2, 0) is 17.4 Å². The summed E-state index contributed by atoms with van der Waals surface area (Å²) in [5.74, 6) is 0.272. The van der Waals surface area contributed by atoms with E-state index in [1.807, 2.05) is 24.3 Å². The second-order valence-electron chi connectivity index (χ2n) is 8.33. The minimum absolute atomic E-state index is 0.0121. The number of fused-ring (bicyclic) bond motifs is 1. The van der Waals surface area contributed by atoms with Crippen LogP contribution in [0.5, 0.6) is 11.6 Å². The third kappa shape index (κ3) is 5.42. The van der Waals surface area contributed by atoms with Gasteiger partial charge in [-0.1, -0.05) is 60.7 Å². The van der Waals surface area contributed by atoms with Crippen molar-refractivity contribution >= 4 is 34.4 Å². The number of aliphatic imine (C=N–C) groups is 1. The van der Waals surface area contributed by atoms with Gasteiger partial charge in [0.25, 0.3) is 5.88 Å². The third-order valence-electron chi connectivity index (χ3n) is 5.77. The summed E-state index contributed by atoms with van der Waals surface area (Å²) in [6, 6.07) is 17.1. The molecular weight excluding hydrogens is 505 g/mol. The van der Waals surface area contributed by atoms with Gasteiger partial charge in [0.1, 0.15) is 5.75 Å². The van der Waals surface area contributed by atoms with E-state index in [9.17, 15) is 13.2 Å².